The van der Waals surface area contributed by atoms with E-state index in [9.17, 15) is 9.59 Å². The van der Waals surface area contributed by atoms with Crippen LogP contribution < -0.4 is 15.5 Å². The van der Waals surface area contributed by atoms with Crippen molar-refractivity contribution in [2.75, 3.05) is 44.1 Å². The predicted octanol–water partition coefficient (Wildman–Crippen LogP) is 2.01. The van der Waals surface area contributed by atoms with Gasteiger partial charge in [-0.25, -0.2) is 0 Å². The summed E-state index contributed by atoms with van der Waals surface area (Å²) in [6.07, 6.45) is 2.84. The summed E-state index contributed by atoms with van der Waals surface area (Å²) in [5, 5.41) is 5.19. The number of ether oxygens (including phenoxy) is 1. The van der Waals surface area contributed by atoms with Gasteiger partial charge in [-0.2, -0.15) is 0 Å². The average Bonchev–Trinajstić information content (AvgIpc) is 2.54. The van der Waals surface area contributed by atoms with Crippen molar-refractivity contribution in [2.24, 2.45) is 0 Å². The molecular formula is C17H27N3O3. The molecule has 0 saturated carbocycles. The summed E-state index contributed by atoms with van der Waals surface area (Å²) in [5.41, 5.74) is 1.55. The van der Waals surface area contributed by atoms with Crippen molar-refractivity contribution in [1.29, 1.82) is 0 Å². The van der Waals surface area contributed by atoms with Crippen molar-refractivity contribution in [3.63, 3.8) is 0 Å². The van der Waals surface area contributed by atoms with Crippen LogP contribution >= 0.6 is 0 Å². The monoisotopic (exact) mass is 321 g/mol. The number of amides is 2. The third kappa shape index (κ3) is 7.65. The molecule has 1 aromatic carbocycles. The van der Waals surface area contributed by atoms with Crippen molar-refractivity contribution in [3.05, 3.63) is 24.3 Å². The molecule has 6 nitrogen and oxygen atoms in total. The van der Waals surface area contributed by atoms with Crippen molar-refractivity contribution in [1.82, 2.24) is 5.32 Å². The lowest BCUT2D eigenvalue weighted by atomic mass is 10.2. The average molecular weight is 321 g/mol. The maximum Gasteiger partial charge on any atom is 0.313 e. The maximum absolute atomic E-state index is 11.8. The highest BCUT2D eigenvalue weighted by Gasteiger charge is 2.13. The highest BCUT2D eigenvalue weighted by atomic mass is 16.5. The molecule has 2 N–H and O–H groups in total. The molecule has 0 unspecified atom stereocenters. The fraction of sp³-hybridized carbons (Fsp3) is 0.529. The first-order chi connectivity index (χ1) is 11.0. The van der Waals surface area contributed by atoms with Crippen molar-refractivity contribution in [3.8, 4) is 0 Å². The number of hydrogen-bond acceptors (Lipinski definition) is 4. The molecule has 0 radical (unpaired) electrons. The number of nitrogens with zero attached hydrogens (tertiary/aromatic N) is 1. The maximum atomic E-state index is 11.8. The second-order valence-electron chi connectivity index (χ2n) is 5.47. The van der Waals surface area contributed by atoms with Crippen LogP contribution in [0.2, 0.25) is 0 Å². The lowest BCUT2D eigenvalue weighted by molar-refractivity contribution is -0.136. The number of carbonyl (C=O) groups excluding carboxylic acids is 2. The molecule has 0 bridgehead atoms. The van der Waals surface area contributed by atoms with Crippen LogP contribution in [-0.2, 0) is 14.3 Å². The van der Waals surface area contributed by atoms with E-state index in [4.69, 9.17) is 4.74 Å². The number of hydrogen-bond donors (Lipinski definition) is 2. The second kappa shape index (κ2) is 10.6. The van der Waals surface area contributed by atoms with E-state index in [-0.39, 0.29) is 0 Å². The zero-order chi connectivity index (χ0) is 17.1. The van der Waals surface area contributed by atoms with E-state index in [2.05, 4.69) is 17.6 Å². The minimum Gasteiger partial charge on any atom is -0.381 e. The molecule has 0 atom stereocenters. The van der Waals surface area contributed by atoms with Gasteiger partial charge in [0.2, 0.25) is 0 Å². The Morgan fingerprint density at radius 3 is 2.57 bits per heavy atom. The quantitative estimate of drug-likeness (QED) is 0.539. The van der Waals surface area contributed by atoms with Crippen molar-refractivity contribution >= 4 is 23.2 Å². The van der Waals surface area contributed by atoms with Gasteiger partial charge in [0.1, 0.15) is 0 Å². The van der Waals surface area contributed by atoms with Gasteiger partial charge in [0, 0.05) is 45.2 Å². The van der Waals surface area contributed by atoms with Crippen LogP contribution in [0, 0.1) is 0 Å². The van der Waals surface area contributed by atoms with Crippen LogP contribution in [0.4, 0.5) is 11.4 Å². The molecule has 6 heteroatoms. The predicted molar refractivity (Wildman–Crippen MR) is 92.8 cm³/mol. The molecule has 0 fully saturated rings. The van der Waals surface area contributed by atoms with Crippen LogP contribution in [0.3, 0.4) is 0 Å². The van der Waals surface area contributed by atoms with Gasteiger partial charge in [-0.3, -0.25) is 9.59 Å². The highest BCUT2D eigenvalue weighted by Crippen LogP contribution is 2.16. The first-order valence-electron chi connectivity index (χ1n) is 7.99. The van der Waals surface area contributed by atoms with Crippen LogP contribution in [0.5, 0.6) is 0 Å². The minimum atomic E-state index is -0.659. The highest BCUT2D eigenvalue weighted by molar-refractivity contribution is 6.39. The Kier molecular flexibility index (Phi) is 8.75. The van der Waals surface area contributed by atoms with Crippen molar-refractivity contribution < 1.29 is 14.3 Å². The summed E-state index contributed by atoms with van der Waals surface area (Å²) >= 11 is 0. The van der Waals surface area contributed by atoms with E-state index < -0.39 is 11.8 Å². The lowest BCUT2D eigenvalue weighted by Crippen LogP contribution is -2.36. The van der Waals surface area contributed by atoms with Crippen LogP contribution in [0.25, 0.3) is 0 Å². The molecule has 0 heterocycles. The summed E-state index contributed by atoms with van der Waals surface area (Å²) in [7, 11) is 3.83. The topological polar surface area (TPSA) is 70.7 Å². The van der Waals surface area contributed by atoms with E-state index in [0.717, 1.165) is 25.1 Å². The van der Waals surface area contributed by atoms with Gasteiger partial charge in [-0.1, -0.05) is 19.4 Å². The molecule has 23 heavy (non-hydrogen) atoms. The second-order valence-corrected chi connectivity index (χ2v) is 5.47. The van der Waals surface area contributed by atoms with E-state index in [1.54, 1.807) is 6.07 Å². The van der Waals surface area contributed by atoms with Crippen molar-refractivity contribution in [2.45, 2.75) is 26.2 Å². The van der Waals surface area contributed by atoms with E-state index in [1.165, 1.54) is 0 Å². The number of carbonyl (C=O) groups is 2. The summed E-state index contributed by atoms with van der Waals surface area (Å²) in [4.78, 5) is 25.5. The zero-order valence-corrected chi connectivity index (χ0v) is 14.2. The number of benzene rings is 1. The molecular weight excluding hydrogens is 294 g/mol. The number of unbranched alkanes of at least 4 members (excludes halogenated alkanes) is 1. The fourth-order valence-electron chi connectivity index (χ4n) is 1.85. The van der Waals surface area contributed by atoms with Gasteiger partial charge in [0.05, 0.1) is 0 Å². The zero-order valence-electron chi connectivity index (χ0n) is 14.2. The Bertz CT molecular complexity index is 504. The summed E-state index contributed by atoms with van der Waals surface area (Å²) in [6, 6.07) is 7.32. The Morgan fingerprint density at radius 2 is 1.87 bits per heavy atom. The Balaban J connectivity index is 2.29. The summed E-state index contributed by atoms with van der Waals surface area (Å²) in [6.45, 7) is 3.87. The Labute approximate surface area is 138 Å². The normalized spacial score (nSPS) is 10.2. The fourth-order valence-corrected chi connectivity index (χ4v) is 1.85. The van der Waals surface area contributed by atoms with Gasteiger partial charge in [-0.05, 0) is 31.0 Å². The first kappa shape index (κ1) is 19.0. The van der Waals surface area contributed by atoms with Gasteiger partial charge in [-0.15, -0.1) is 0 Å². The SMILES string of the molecule is CCCCOCCCNC(=O)C(=O)Nc1cccc(N(C)C)c1. The largest absolute Gasteiger partial charge is 0.381 e. The molecule has 0 spiro atoms. The van der Waals surface area contributed by atoms with Crippen LogP contribution in [0.1, 0.15) is 26.2 Å². The van der Waals surface area contributed by atoms with Gasteiger partial charge >= 0.3 is 11.8 Å². The standard InChI is InChI=1S/C17H27N3O3/c1-4-5-11-23-12-7-10-18-16(21)17(22)19-14-8-6-9-15(13-14)20(2)3/h6,8-9,13H,4-5,7,10-12H2,1-3H3,(H,18,21)(H,19,22). The van der Waals surface area contributed by atoms with Gasteiger partial charge < -0.3 is 20.3 Å². The van der Waals surface area contributed by atoms with E-state index >= 15 is 0 Å². The number of rotatable bonds is 9. The van der Waals surface area contributed by atoms with E-state index in [0.29, 0.717) is 25.3 Å². The lowest BCUT2D eigenvalue weighted by Gasteiger charge is -2.14. The molecule has 2 amide bonds. The number of nitrogens with one attached hydrogen (secondary N) is 2. The van der Waals surface area contributed by atoms with Gasteiger partial charge in [0.25, 0.3) is 0 Å². The molecule has 1 rings (SSSR count). The molecule has 1 aromatic rings. The third-order valence-corrected chi connectivity index (χ3v) is 3.22. The Hall–Kier alpha value is -2.08. The molecule has 0 aliphatic heterocycles. The molecule has 128 valence electrons. The molecule has 0 aliphatic rings. The van der Waals surface area contributed by atoms with E-state index in [1.807, 2.05) is 37.2 Å². The third-order valence-electron chi connectivity index (χ3n) is 3.22. The molecule has 0 aliphatic carbocycles. The molecule has 0 saturated heterocycles. The van der Waals surface area contributed by atoms with Crippen LogP contribution in [-0.4, -0.2) is 45.7 Å². The smallest absolute Gasteiger partial charge is 0.313 e. The Morgan fingerprint density at radius 1 is 1.13 bits per heavy atom. The summed E-state index contributed by atoms with van der Waals surface area (Å²) < 4.78 is 5.39. The number of anilines is 2. The van der Waals surface area contributed by atoms with Crippen LogP contribution in [0.15, 0.2) is 24.3 Å². The first-order valence-corrected chi connectivity index (χ1v) is 7.99. The molecule has 0 aromatic heterocycles. The minimum absolute atomic E-state index is 0.427. The van der Waals surface area contributed by atoms with Gasteiger partial charge in [0.15, 0.2) is 0 Å². The summed E-state index contributed by atoms with van der Waals surface area (Å²) in [5.74, 6) is -1.29.